The molecule has 11 heteroatoms. The lowest BCUT2D eigenvalue weighted by atomic mass is 10.1. The zero-order valence-electron chi connectivity index (χ0n) is 18.3. The third-order valence-corrected chi connectivity index (χ3v) is 5.55. The predicted molar refractivity (Wildman–Crippen MR) is 116 cm³/mol. The van der Waals surface area contributed by atoms with Crippen LogP contribution in [0.5, 0.6) is 5.75 Å². The largest absolute Gasteiger partial charge is 0.490 e. The van der Waals surface area contributed by atoms with E-state index >= 15 is 0 Å². The van der Waals surface area contributed by atoms with Crippen LogP contribution in [0.25, 0.3) is 11.3 Å². The zero-order chi connectivity index (χ0) is 25.0. The highest BCUT2D eigenvalue weighted by Gasteiger charge is 2.30. The van der Waals surface area contributed by atoms with Crippen molar-refractivity contribution in [3.8, 4) is 17.1 Å². The van der Waals surface area contributed by atoms with Gasteiger partial charge in [-0.1, -0.05) is 5.16 Å². The summed E-state index contributed by atoms with van der Waals surface area (Å²) in [5.74, 6) is -0.649. The van der Waals surface area contributed by atoms with Gasteiger partial charge in [0.25, 0.3) is 5.91 Å². The molecule has 0 spiro atoms. The van der Waals surface area contributed by atoms with E-state index in [2.05, 4.69) is 10.5 Å². The molecule has 0 atom stereocenters. The van der Waals surface area contributed by atoms with Crippen molar-refractivity contribution in [1.29, 1.82) is 0 Å². The molecule has 2 aromatic carbocycles. The van der Waals surface area contributed by atoms with Gasteiger partial charge in [-0.3, -0.25) is 9.59 Å². The van der Waals surface area contributed by atoms with E-state index in [1.54, 1.807) is 4.90 Å². The molecule has 3 aromatic rings. The molecule has 1 N–H and O–H groups in total. The molecule has 35 heavy (non-hydrogen) atoms. The molecule has 1 aliphatic heterocycles. The van der Waals surface area contributed by atoms with Gasteiger partial charge in [-0.25, -0.2) is 4.39 Å². The van der Waals surface area contributed by atoms with Gasteiger partial charge in [-0.2, -0.15) is 13.2 Å². The van der Waals surface area contributed by atoms with Crippen LogP contribution >= 0.6 is 0 Å². The minimum atomic E-state index is -4.40. The smallest absolute Gasteiger partial charge is 0.416 e. The number of alkyl halides is 3. The minimum absolute atomic E-state index is 0.0132. The Kier molecular flexibility index (Phi) is 7.04. The quantitative estimate of drug-likeness (QED) is 0.520. The molecule has 1 aromatic heterocycles. The fraction of sp³-hybridized carbons (Fsp3) is 0.292. The van der Waals surface area contributed by atoms with Gasteiger partial charge in [0.2, 0.25) is 5.91 Å². The van der Waals surface area contributed by atoms with Crippen LogP contribution in [0.2, 0.25) is 0 Å². The van der Waals surface area contributed by atoms with Crippen LogP contribution in [0.1, 0.15) is 28.9 Å². The van der Waals surface area contributed by atoms with Crippen LogP contribution in [0.15, 0.2) is 59.1 Å². The first-order chi connectivity index (χ1) is 16.7. The number of aromatic nitrogens is 1. The van der Waals surface area contributed by atoms with Crippen LogP contribution in [0.3, 0.4) is 0 Å². The highest BCUT2D eigenvalue weighted by Crippen LogP contribution is 2.31. The minimum Gasteiger partial charge on any atom is -0.490 e. The summed E-state index contributed by atoms with van der Waals surface area (Å²) in [5, 5.41) is 6.19. The summed E-state index contributed by atoms with van der Waals surface area (Å²) in [7, 11) is 0. The maximum Gasteiger partial charge on any atom is 0.416 e. The first kappa shape index (κ1) is 24.2. The summed E-state index contributed by atoms with van der Waals surface area (Å²) in [6.07, 6.45) is -3.63. The fourth-order valence-electron chi connectivity index (χ4n) is 3.63. The summed E-state index contributed by atoms with van der Waals surface area (Å²) in [4.78, 5) is 26.4. The van der Waals surface area contributed by atoms with E-state index in [-0.39, 0.29) is 30.0 Å². The molecule has 0 radical (unpaired) electrons. The number of ether oxygens (including phenoxy) is 1. The Morgan fingerprint density at radius 1 is 1.06 bits per heavy atom. The van der Waals surface area contributed by atoms with Crippen LogP contribution in [0.4, 0.5) is 17.6 Å². The second-order valence-corrected chi connectivity index (χ2v) is 7.99. The Labute approximate surface area is 197 Å². The van der Waals surface area contributed by atoms with E-state index in [1.165, 1.54) is 42.5 Å². The molecular weight excluding hydrogens is 470 g/mol. The van der Waals surface area contributed by atoms with E-state index in [1.807, 2.05) is 0 Å². The molecule has 7 nitrogen and oxygen atoms in total. The maximum atomic E-state index is 13.0. The maximum absolute atomic E-state index is 13.0. The Bertz CT molecular complexity index is 1170. The molecule has 0 aliphatic carbocycles. The summed E-state index contributed by atoms with van der Waals surface area (Å²) in [5.41, 5.74) is -0.208. The molecule has 0 saturated carbocycles. The second-order valence-electron chi connectivity index (χ2n) is 7.99. The third kappa shape index (κ3) is 6.17. The van der Waals surface area contributed by atoms with Gasteiger partial charge in [0.15, 0.2) is 11.5 Å². The van der Waals surface area contributed by atoms with Crippen molar-refractivity contribution in [1.82, 2.24) is 15.4 Å². The number of halogens is 4. The van der Waals surface area contributed by atoms with Gasteiger partial charge in [-0.05, 0) is 48.5 Å². The Morgan fingerprint density at radius 2 is 1.71 bits per heavy atom. The van der Waals surface area contributed by atoms with Gasteiger partial charge in [0, 0.05) is 37.6 Å². The van der Waals surface area contributed by atoms with E-state index in [4.69, 9.17) is 9.26 Å². The second kappa shape index (κ2) is 10.2. The number of rotatable bonds is 6. The molecule has 1 saturated heterocycles. The standard InChI is InChI=1S/C24H21F4N3O4/c25-17-5-1-15(2-6-17)21-13-20(30-35-21)23(33)29-14-22(32)31-11-9-19(10-12-31)34-18-7-3-16(4-8-18)24(26,27)28/h1-8,13,19H,9-12,14H2,(H,29,33). The number of carbonyl (C=O) groups is 2. The lowest BCUT2D eigenvalue weighted by Gasteiger charge is -2.32. The Hall–Kier alpha value is -3.89. The van der Waals surface area contributed by atoms with Crippen LogP contribution in [0, 0.1) is 5.82 Å². The lowest BCUT2D eigenvalue weighted by molar-refractivity contribution is -0.137. The molecule has 2 amide bonds. The van der Waals surface area contributed by atoms with Crippen molar-refractivity contribution in [2.45, 2.75) is 25.1 Å². The number of nitrogens with one attached hydrogen (secondary N) is 1. The number of amides is 2. The van der Waals surface area contributed by atoms with Gasteiger partial charge < -0.3 is 19.5 Å². The number of benzene rings is 2. The summed E-state index contributed by atoms with van der Waals surface area (Å²) in [6, 6.07) is 11.4. The first-order valence-corrected chi connectivity index (χ1v) is 10.8. The summed E-state index contributed by atoms with van der Waals surface area (Å²) in [6.45, 7) is 0.541. The molecule has 4 rings (SSSR count). The summed E-state index contributed by atoms with van der Waals surface area (Å²) >= 11 is 0. The number of likely N-dealkylation sites (tertiary alicyclic amines) is 1. The molecule has 1 aliphatic rings. The number of nitrogens with zero attached hydrogens (tertiary/aromatic N) is 2. The van der Waals surface area contributed by atoms with Crippen LogP contribution in [-0.2, 0) is 11.0 Å². The molecule has 184 valence electrons. The Morgan fingerprint density at radius 3 is 2.34 bits per heavy atom. The zero-order valence-corrected chi connectivity index (χ0v) is 18.3. The topological polar surface area (TPSA) is 84.7 Å². The van der Waals surface area contributed by atoms with Crippen molar-refractivity contribution in [2.24, 2.45) is 0 Å². The van der Waals surface area contributed by atoms with Gasteiger partial charge in [0.05, 0.1) is 12.1 Å². The molecule has 2 heterocycles. The lowest BCUT2D eigenvalue weighted by Crippen LogP contribution is -2.46. The third-order valence-electron chi connectivity index (χ3n) is 5.55. The van der Waals surface area contributed by atoms with E-state index in [0.29, 0.717) is 37.2 Å². The summed E-state index contributed by atoms with van der Waals surface area (Å²) < 4.78 is 61.9. The van der Waals surface area contributed by atoms with Crippen molar-refractivity contribution >= 4 is 11.8 Å². The van der Waals surface area contributed by atoms with Gasteiger partial charge in [-0.15, -0.1) is 0 Å². The van der Waals surface area contributed by atoms with Crippen LogP contribution < -0.4 is 10.1 Å². The van der Waals surface area contributed by atoms with E-state index < -0.39 is 23.5 Å². The predicted octanol–water partition coefficient (Wildman–Crippen LogP) is 4.30. The van der Waals surface area contributed by atoms with Crippen molar-refractivity contribution < 1.29 is 36.4 Å². The van der Waals surface area contributed by atoms with Gasteiger partial charge >= 0.3 is 6.18 Å². The van der Waals surface area contributed by atoms with Crippen molar-refractivity contribution in [3.05, 3.63) is 71.7 Å². The van der Waals surface area contributed by atoms with E-state index in [0.717, 1.165) is 12.1 Å². The molecule has 0 bridgehead atoms. The fourth-order valence-corrected chi connectivity index (χ4v) is 3.63. The van der Waals surface area contributed by atoms with Gasteiger partial charge in [0.1, 0.15) is 17.7 Å². The molecule has 1 fully saturated rings. The van der Waals surface area contributed by atoms with Crippen LogP contribution in [-0.4, -0.2) is 47.6 Å². The monoisotopic (exact) mass is 491 g/mol. The highest BCUT2D eigenvalue weighted by molar-refractivity contribution is 5.95. The number of piperidine rings is 1. The average Bonchev–Trinajstić information content (AvgIpc) is 3.33. The molecule has 0 unspecified atom stereocenters. The normalized spacial score (nSPS) is 14.6. The number of hydrogen-bond donors (Lipinski definition) is 1. The Balaban J connectivity index is 1.22. The number of hydrogen-bond acceptors (Lipinski definition) is 5. The number of carbonyl (C=O) groups excluding carboxylic acids is 2. The first-order valence-electron chi connectivity index (χ1n) is 10.8. The van der Waals surface area contributed by atoms with E-state index in [9.17, 15) is 27.2 Å². The molecular formula is C24H21F4N3O4. The highest BCUT2D eigenvalue weighted by atomic mass is 19.4. The SMILES string of the molecule is O=C(NCC(=O)N1CCC(Oc2ccc(C(F)(F)F)cc2)CC1)c1cc(-c2ccc(F)cc2)on1. The average molecular weight is 491 g/mol. The van der Waals surface area contributed by atoms with Crippen molar-refractivity contribution in [3.63, 3.8) is 0 Å². The van der Waals surface area contributed by atoms with Crippen molar-refractivity contribution in [2.75, 3.05) is 19.6 Å².